The van der Waals surface area contributed by atoms with Gasteiger partial charge < -0.3 is 14.0 Å². The molecule has 0 aliphatic carbocycles. The Kier molecular flexibility index (Phi) is 9.37. The molecule has 7 nitrogen and oxygen atoms in total. The smallest absolute Gasteiger partial charge is 0.424 e. The largest absolute Gasteiger partial charge is 0.462 e. The Labute approximate surface area is 174 Å². The first-order valence-electron chi connectivity index (χ1n) is 10.0. The van der Waals surface area contributed by atoms with Crippen LogP contribution >= 0.6 is 7.52 Å². The summed E-state index contributed by atoms with van der Waals surface area (Å²) >= 11 is 0. The number of carbonyl (C=O) groups excluding carboxylic acids is 2. The van der Waals surface area contributed by atoms with Gasteiger partial charge in [-0.2, -0.15) is 0 Å². The van der Waals surface area contributed by atoms with Gasteiger partial charge >= 0.3 is 19.2 Å². The van der Waals surface area contributed by atoms with Crippen molar-refractivity contribution in [3.05, 3.63) is 29.3 Å². The minimum absolute atomic E-state index is 0.0293. The van der Waals surface area contributed by atoms with Gasteiger partial charge in [-0.1, -0.05) is 45.9 Å². The molecular weight excluding hydrogens is 393 g/mol. The van der Waals surface area contributed by atoms with Gasteiger partial charge in [0, 0.05) is 0 Å². The lowest BCUT2D eigenvalue weighted by atomic mass is 9.94. The van der Waals surface area contributed by atoms with Crippen molar-refractivity contribution in [1.29, 1.82) is 0 Å². The fourth-order valence-corrected chi connectivity index (χ4v) is 4.30. The first kappa shape index (κ1) is 25.2. The lowest BCUT2D eigenvalue weighted by Crippen LogP contribution is -2.37. The molecule has 1 aromatic rings. The zero-order chi connectivity index (χ0) is 22.4. The SMILES string of the molecule is CCOC(=O)[P@@](=O)(N[C@@H](C)C(=O)OC(C)C)Oc1c(C(C)C)cccc1C(C)C. The molecule has 29 heavy (non-hydrogen) atoms. The molecule has 1 aromatic carbocycles. The van der Waals surface area contributed by atoms with E-state index < -0.39 is 25.2 Å². The summed E-state index contributed by atoms with van der Waals surface area (Å²) < 4.78 is 29.6. The minimum Gasteiger partial charge on any atom is -0.462 e. The highest BCUT2D eigenvalue weighted by molar-refractivity contribution is 7.74. The van der Waals surface area contributed by atoms with Gasteiger partial charge in [-0.05, 0) is 50.7 Å². The number of carbonyl (C=O) groups is 2. The van der Waals surface area contributed by atoms with Crippen LogP contribution in [-0.4, -0.2) is 30.4 Å². The second kappa shape index (κ2) is 10.8. The summed E-state index contributed by atoms with van der Waals surface area (Å²) in [6.07, 6.45) is -0.344. The van der Waals surface area contributed by atoms with E-state index in [1.807, 2.05) is 45.9 Å². The van der Waals surface area contributed by atoms with Crippen LogP contribution in [0.25, 0.3) is 0 Å². The fraction of sp³-hybridized carbons (Fsp3) is 0.619. The molecule has 1 rings (SSSR count). The van der Waals surface area contributed by atoms with E-state index in [-0.39, 0.29) is 24.5 Å². The van der Waals surface area contributed by atoms with E-state index in [4.69, 9.17) is 14.0 Å². The monoisotopic (exact) mass is 427 g/mol. The van der Waals surface area contributed by atoms with Crippen molar-refractivity contribution in [2.45, 2.75) is 79.4 Å². The topological polar surface area (TPSA) is 90.9 Å². The average Bonchev–Trinajstić information content (AvgIpc) is 2.60. The Bertz CT molecular complexity index is 733. The number of ether oxygens (including phenoxy) is 2. The van der Waals surface area contributed by atoms with Gasteiger partial charge in [0.25, 0.3) is 0 Å². The van der Waals surface area contributed by atoms with E-state index in [0.717, 1.165) is 11.1 Å². The van der Waals surface area contributed by atoms with Gasteiger partial charge in [-0.3, -0.25) is 4.79 Å². The Morgan fingerprint density at radius 2 is 1.52 bits per heavy atom. The molecule has 1 N–H and O–H groups in total. The highest BCUT2D eigenvalue weighted by atomic mass is 31.2. The molecule has 0 spiro atoms. The van der Waals surface area contributed by atoms with Crippen LogP contribution in [0.3, 0.4) is 0 Å². The van der Waals surface area contributed by atoms with E-state index in [1.165, 1.54) is 6.92 Å². The Morgan fingerprint density at radius 3 is 1.93 bits per heavy atom. The Morgan fingerprint density at radius 1 is 1.00 bits per heavy atom. The highest BCUT2D eigenvalue weighted by Crippen LogP contribution is 2.49. The van der Waals surface area contributed by atoms with Crippen LogP contribution in [0.15, 0.2) is 18.2 Å². The molecule has 0 unspecified atom stereocenters. The zero-order valence-electron chi connectivity index (χ0n) is 18.6. The summed E-state index contributed by atoms with van der Waals surface area (Å²) in [5, 5.41) is 2.55. The summed E-state index contributed by atoms with van der Waals surface area (Å²) in [5.74, 6) is -0.106. The van der Waals surface area contributed by atoms with E-state index in [2.05, 4.69) is 5.09 Å². The number of hydrogen-bond acceptors (Lipinski definition) is 6. The maximum Gasteiger partial charge on any atom is 0.424 e. The standard InChI is InChI=1S/C21H34NO6P/c1-9-26-21(24)29(25,22-16(8)20(23)27-15(6)7)28-19-17(13(2)3)11-10-12-18(19)14(4)5/h10-16H,9H2,1-8H3,(H,22,25)/t16-,29-/m0/s1. The summed E-state index contributed by atoms with van der Waals surface area (Å²) in [6, 6.07) is 4.62. The van der Waals surface area contributed by atoms with Crippen LogP contribution < -0.4 is 9.61 Å². The van der Waals surface area contributed by atoms with Gasteiger partial charge in [-0.15, -0.1) is 0 Å². The van der Waals surface area contributed by atoms with Crippen LogP contribution in [-0.2, 0) is 18.8 Å². The molecule has 0 fully saturated rings. The molecule has 0 aliphatic heterocycles. The fourth-order valence-electron chi connectivity index (χ4n) is 2.68. The van der Waals surface area contributed by atoms with Crippen LogP contribution in [0.4, 0.5) is 4.79 Å². The lowest BCUT2D eigenvalue weighted by molar-refractivity contribution is -0.149. The second-order valence-corrected chi connectivity index (χ2v) is 9.66. The second-order valence-electron chi connectivity index (χ2n) is 7.75. The zero-order valence-corrected chi connectivity index (χ0v) is 19.5. The van der Waals surface area contributed by atoms with Gasteiger partial charge in [-0.25, -0.2) is 14.4 Å². The van der Waals surface area contributed by atoms with Crippen molar-refractivity contribution < 1.29 is 28.2 Å². The van der Waals surface area contributed by atoms with Crippen molar-refractivity contribution in [1.82, 2.24) is 5.09 Å². The van der Waals surface area contributed by atoms with E-state index in [9.17, 15) is 14.2 Å². The van der Waals surface area contributed by atoms with Crippen LogP contribution in [0.5, 0.6) is 5.75 Å². The molecule has 2 atom stereocenters. The van der Waals surface area contributed by atoms with Gasteiger partial charge in [0.1, 0.15) is 11.8 Å². The van der Waals surface area contributed by atoms with Crippen LogP contribution in [0.2, 0.25) is 0 Å². The average molecular weight is 427 g/mol. The van der Waals surface area contributed by atoms with Gasteiger partial charge in [0.2, 0.25) is 0 Å². The number of hydrogen-bond donors (Lipinski definition) is 1. The predicted octanol–water partition coefficient (Wildman–Crippen LogP) is 5.59. The predicted molar refractivity (Wildman–Crippen MR) is 114 cm³/mol. The van der Waals surface area contributed by atoms with Crippen molar-refractivity contribution in [3.63, 3.8) is 0 Å². The maximum atomic E-state index is 13.6. The molecule has 0 radical (unpaired) electrons. The molecule has 164 valence electrons. The van der Waals surface area contributed by atoms with Crippen molar-refractivity contribution in [2.24, 2.45) is 0 Å². The van der Waals surface area contributed by atoms with E-state index in [0.29, 0.717) is 5.75 Å². The molecule has 8 heteroatoms. The molecule has 0 aliphatic rings. The minimum atomic E-state index is -4.25. The Balaban J connectivity index is 3.39. The first-order valence-corrected chi connectivity index (χ1v) is 11.6. The molecular formula is C21H34NO6P. The number of esters is 1. The quantitative estimate of drug-likeness (QED) is 0.384. The normalized spacial score (nSPS) is 14.6. The summed E-state index contributed by atoms with van der Waals surface area (Å²) in [7, 11) is -4.25. The van der Waals surface area contributed by atoms with Gasteiger partial charge in [0.15, 0.2) is 0 Å². The highest BCUT2D eigenvalue weighted by Gasteiger charge is 2.41. The van der Waals surface area contributed by atoms with Crippen molar-refractivity contribution in [3.8, 4) is 5.75 Å². The maximum absolute atomic E-state index is 13.6. The lowest BCUT2D eigenvalue weighted by Gasteiger charge is -2.26. The number of nitrogens with one attached hydrogen (secondary N) is 1. The first-order chi connectivity index (χ1) is 13.4. The summed E-state index contributed by atoms with van der Waals surface area (Å²) in [6.45, 7) is 14.5. The molecule has 0 saturated heterocycles. The third-order valence-electron chi connectivity index (χ3n) is 4.12. The number of rotatable bonds is 10. The third kappa shape index (κ3) is 6.86. The molecule has 0 heterocycles. The number of para-hydroxylation sites is 1. The molecule has 0 saturated carbocycles. The number of benzene rings is 1. The molecule has 0 aromatic heterocycles. The van der Waals surface area contributed by atoms with E-state index in [1.54, 1.807) is 20.8 Å². The summed E-state index contributed by atoms with van der Waals surface area (Å²) in [4.78, 5) is 24.8. The van der Waals surface area contributed by atoms with Crippen molar-refractivity contribution >= 4 is 19.2 Å². The van der Waals surface area contributed by atoms with Gasteiger partial charge in [0.05, 0.1) is 12.7 Å². The summed E-state index contributed by atoms with van der Waals surface area (Å²) in [5.41, 5.74) is 0.609. The molecule has 0 bridgehead atoms. The Hall–Kier alpha value is -1.85. The van der Waals surface area contributed by atoms with Crippen LogP contribution in [0, 0.1) is 0 Å². The van der Waals surface area contributed by atoms with Crippen LogP contribution in [0.1, 0.15) is 78.4 Å². The van der Waals surface area contributed by atoms with Crippen molar-refractivity contribution in [2.75, 3.05) is 6.61 Å². The molecule has 0 amide bonds. The van der Waals surface area contributed by atoms with E-state index >= 15 is 0 Å². The third-order valence-corrected chi connectivity index (χ3v) is 5.89.